The fourth-order valence-corrected chi connectivity index (χ4v) is 4.58. The highest BCUT2D eigenvalue weighted by molar-refractivity contribution is 7.79. The van der Waals surface area contributed by atoms with Crippen molar-refractivity contribution in [3.63, 3.8) is 0 Å². The van der Waals surface area contributed by atoms with Crippen LogP contribution in [0.25, 0.3) is 0 Å². The average molecular weight is 346 g/mol. The lowest BCUT2D eigenvalue weighted by Gasteiger charge is -2.19. The van der Waals surface area contributed by atoms with Crippen LogP contribution >= 0.6 is 7.92 Å². The zero-order valence-corrected chi connectivity index (χ0v) is 14.1. The highest BCUT2D eigenvalue weighted by Crippen LogP contribution is 2.32. The highest BCUT2D eigenvalue weighted by Gasteiger charge is 2.15. The van der Waals surface area contributed by atoms with Crippen LogP contribution in [0, 0.1) is 6.92 Å². The molecule has 0 saturated carbocycles. The normalized spacial score (nSPS) is 10.4. The standard InChI is InChI=1S/C19H17P.CHF3/c1-16-12-14-19(15-13-16)20(17-8-4-2-5-9-17)18-10-6-3-7-11-18;2-1(3)4/h2-15H,1H3;1H. The smallest absolute Gasteiger partial charge is 0.174 e. The number of halogens is 3. The first-order valence-electron chi connectivity index (χ1n) is 7.47. The zero-order valence-electron chi connectivity index (χ0n) is 13.2. The second kappa shape index (κ2) is 9.24. The fraction of sp³-hybridized carbons (Fsp3) is 0.100. The van der Waals surface area contributed by atoms with Gasteiger partial charge in [0.2, 0.25) is 0 Å². The van der Waals surface area contributed by atoms with Crippen LogP contribution in [0.1, 0.15) is 5.56 Å². The molecule has 0 bridgehead atoms. The van der Waals surface area contributed by atoms with Crippen molar-refractivity contribution in [1.29, 1.82) is 0 Å². The molecule has 124 valence electrons. The van der Waals surface area contributed by atoms with Gasteiger partial charge in [-0.25, -0.2) is 0 Å². The molecule has 0 amide bonds. The molecule has 24 heavy (non-hydrogen) atoms. The molecular weight excluding hydrogens is 328 g/mol. The maximum atomic E-state index is 9.67. The van der Waals surface area contributed by atoms with Crippen LogP contribution in [0.4, 0.5) is 13.2 Å². The summed E-state index contributed by atoms with van der Waals surface area (Å²) in [6.07, 6.45) is 0. The van der Waals surface area contributed by atoms with Gasteiger partial charge in [-0.05, 0) is 30.8 Å². The number of hydrogen-bond donors (Lipinski definition) is 0. The van der Waals surface area contributed by atoms with Crippen molar-refractivity contribution < 1.29 is 13.2 Å². The summed E-state index contributed by atoms with van der Waals surface area (Å²) in [5.41, 5.74) is 1.31. The Bertz CT molecular complexity index is 671. The average Bonchev–Trinajstić information content (AvgIpc) is 2.58. The molecule has 0 nitrogen and oxygen atoms in total. The summed E-state index contributed by atoms with van der Waals surface area (Å²) >= 11 is 0. The Kier molecular flexibility index (Phi) is 7.02. The van der Waals surface area contributed by atoms with E-state index < -0.39 is 14.6 Å². The Balaban J connectivity index is 0.000000471. The van der Waals surface area contributed by atoms with Gasteiger partial charge in [0.05, 0.1) is 0 Å². The van der Waals surface area contributed by atoms with Crippen LogP contribution in [0.2, 0.25) is 0 Å². The van der Waals surface area contributed by atoms with E-state index in [2.05, 4.69) is 91.9 Å². The summed E-state index contributed by atoms with van der Waals surface area (Å²) in [6.45, 7) is -1.53. The monoisotopic (exact) mass is 346 g/mol. The van der Waals surface area contributed by atoms with Crippen molar-refractivity contribution in [3.8, 4) is 0 Å². The van der Waals surface area contributed by atoms with E-state index in [1.165, 1.54) is 21.5 Å². The molecule has 0 unspecified atom stereocenters. The van der Waals surface area contributed by atoms with E-state index in [0.29, 0.717) is 0 Å². The van der Waals surface area contributed by atoms with E-state index in [9.17, 15) is 13.2 Å². The number of benzene rings is 3. The van der Waals surface area contributed by atoms with Crippen LogP contribution in [0.15, 0.2) is 84.9 Å². The highest BCUT2D eigenvalue weighted by atomic mass is 31.1. The van der Waals surface area contributed by atoms with Crippen LogP contribution in [0.3, 0.4) is 0 Å². The number of hydrogen-bond acceptors (Lipinski definition) is 0. The third kappa shape index (κ3) is 5.50. The molecule has 0 aliphatic carbocycles. The Hall–Kier alpha value is -2.12. The second-order valence-electron chi connectivity index (χ2n) is 5.09. The van der Waals surface area contributed by atoms with Gasteiger partial charge in [0, 0.05) is 0 Å². The topological polar surface area (TPSA) is 0 Å². The van der Waals surface area contributed by atoms with Crippen molar-refractivity contribution in [2.24, 2.45) is 0 Å². The number of alkyl halides is 3. The Morgan fingerprint density at radius 3 is 1.29 bits per heavy atom. The summed E-state index contributed by atoms with van der Waals surface area (Å²) in [5, 5.41) is 4.21. The van der Waals surface area contributed by atoms with Gasteiger partial charge in [-0.3, -0.25) is 0 Å². The van der Waals surface area contributed by atoms with Crippen molar-refractivity contribution in [2.45, 2.75) is 13.6 Å². The van der Waals surface area contributed by atoms with Gasteiger partial charge in [0.25, 0.3) is 0 Å². The quantitative estimate of drug-likeness (QED) is 0.590. The van der Waals surface area contributed by atoms with Crippen LogP contribution in [0.5, 0.6) is 0 Å². The summed E-state index contributed by atoms with van der Waals surface area (Å²) < 4.78 is 29.0. The fourth-order valence-electron chi connectivity index (χ4n) is 2.30. The summed E-state index contributed by atoms with van der Waals surface area (Å²) in [7, 11) is -0.458. The third-order valence-electron chi connectivity index (χ3n) is 3.32. The van der Waals surface area contributed by atoms with E-state index >= 15 is 0 Å². The van der Waals surface area contributed by atoms with E-state index in [0.717, 1.165) is 0 Å². The molecule has 0 fully saturated rings. The minimum Gasteiger partial charge on any atom is -0.174 e. The van der Waals surface area contributed by atoms with Gasteiger partial charge in [-0.1, -0.05) is 90.5 Å². The second-order valence-corrected chi connectivity index (χ2v) is 7.31. The molecule has 3 rings (SSSR count). The van der Waals surface area contributed by atoms with Crippen molar-refractivity contribution in [1.82, 2.24) is 0 Å². The van der Waals surface area contributed by atoms with Gasteiger partial charge in [0.1, 0.15) is 0 Å². The van der Waals surface area contributed by atoms with E-state index in [4.69, 9.17) is 0 Å². The summed E-state index contributed by atoms with van der Waals surface area (Å²) in [5.74, 6) is 0. The molecule has 0 N–H and O–H groups in total. The number of rotatable bonds is 3. The Morgan fingerprint density at radius 1 is 0.583 bits per heavy atom. The molecule has 0 heterocycles. The van der Waals surface area contributed by atoms with E-state index in [-0.39, 0.29) is 0 Å². The summed E-state index contributed by atoms with van der Waals surface area (Å²) in [4.78, 5) is 0. The minimum absolute atomic E-state index is 0.458. The lowest BCUT2D eigenvalue weighted by atomic mass is 10.2. The maximum absolute atomic E-state index is 9.67. The lowest BCUT2D eigenvalue weighted by Crippen LogP contribution is -2.20. The molecule has 0 aliphatic rings. The molecule has 0 radical (unpaired) electrons. The third-order valence-corrected chi connectivity index (χ3v) is 5.76. The predicted molar refractivity (Wildman–Crippen MR) is 97.0 cm³/mol. The lowest BCUT2D eigenvalue weighted by molar-refractivity contribution is 0.00819. The first-order valence-corrected chi connectivity index (χ1v) is 8.81. The molecule has 0 aliphatic heterocycles. The molecular formula is C20H18F3P. The Labute approximate surface area is 141 Å². The minimum atomic E-state index is -3.67. The van der Waals surface area contributed by atoms with Crippen LogP contribution in [-0.4, -0.2) is 6.68 Å². The molecule has 0 aromatic heterocycles. The molecule has 0 spiro atoms. The predicted octanol–water partition coefficient (Wildman–Crippen LogP) is 4.93. The van der Waals surface area contributed by atoms with Gasteiger partial charge in [0.15, 0.2) is 0 Å². The number of aryl methyl sites for hydroxylation is 1. The van der Waals surface area contributed by atoms with Gasteiger partial charge in [-0.2, -0.15) is 13.2 Å². The molecule has 0 saturated heterocycles. The molecule has 3 aromatic carbocycles. The first kappa shape index (κ1) is 18.2. The van der Waals surface area contributed by atoms with Crippen molar-refractivity contribution in [3.05, 3.63) is 90.5 Å². The Morgan fingerprint density at radius 2 is 0.917 bits per heavy atom. The zero-order chi connectivity index (χ0) is 17.4. The van der Waals surface area contributed by atoms with Gasteiger partial charge < -0.3 is 0 Å². The molecule has 0 atom stereocenters. The van der Waals surface area contributed by atoms with Crippen molar-refractivity contribution >= 4 is 23.8 Å². The summed E-state index contributed by atoms with van der Waals surface area (Å²) in [6, 6.07) is 30.5. The molecule has 3 aromatic rings. The van der Waals surface area contributed by atoms with Crippen LogP contribution in [-0.2, 0) is 0 Å². The van der Waals surface area contributed by atoms with Crippen LogP contribution < -0.4 is 15.9 Å². The van der Waals surface area contributed by atoms with Gasteiger partial charge in [-0.15, -0.1) is 0 Å². The van der Waals surface area contributed by atoms with Gasteiger partial charge >= 0.3 is 6.68 Å². The van der Waals surface area contributed by atoms with Crippen molar-refractivity contribution in [2.75, 3.05) is 0 Å². The van der Waals surface area contributed by atoms with E-state index in [1.807, 2.05) is 0 Å². The maximum Gasteiger partial charge on any atom is 0.379 e. The SMILES string of the molecule is Cc1ccc(P(c2ccccc2)c2ccccc2)cc1.FC(F)F. The largest absolute Gasteiger partial charge is 0.379 e. The first-order chi connectivity index (χ1) is 11.6. The molecule has 4 heteroatoms. The van der Waals surface area contributed by atoms with E-state index in [1.54, 1.807) is 0 Å².